The van der Waals surface area contributed by atoms with Gasteiger partial charge in [-0.05, 0) is 38.5 Å². The summed E-state index contributed by atoms with van der Waals surface area (Å²) in [4.78, 5) is 19.8. The van der Waals surface area contributed by atoms with E-state index in [-0.39, 0.29) is 11.9 Å². The van der Waals surface area contributed by atoms with Gasteiger partial charge in [0.2, 0.25) is 5.91 Å². The summed E-state index contributed by atoms with van der Waals surface area (Å²) in [5.41, 5.74) is 3.11. The highest BCUT2D eigenvalue weighted by Gasteiger charge is 2.20. The van der Waals surface area contributed by atoms with Crippen molar-refractivity contribution in [1.29, 1.82) is 0 Å². The molecule has 1 atom stereocenters. The van der Waals surface area contributed by atoms with Gasteiger partial charge in [-0.25, -0.2) is 4.98 Å². The zero-order valence-electron chi connectivity index (χ0n) is 14.6. The van der Waals surface area contributed by atoms with Crippen LogP contribution in [-0.4, -0.2) is 36.8 Å². The highest BCUT2D eigenvalue weighted by Crippen LogP contribution is 2.13. The fourth-order valence-corrected chi connectivity index (χ4v) is 2.95. The first-order chi connectivity index (χ1) is 12.1. The number of rotatable bonds is 8. The third-order valence-corrected chi connectivity index (χ3v) is 4.21. The molecule has 0 aliphatic carbocycles. The van der Waals surface area contributed by atoms with Crippen LogP contribution in [0, 0.1) is 13.8 Å². The zero-order chi connectivity index (χ0) is 17.6. The molecular formula is C18H24N6O. The quantitative estimate of drug-likeness (QED) is 0.616. The van der Waals surface area contributed by atoms with E-state index >= 15 is 0 Å². The maximum absolute atomic E-state index is 12.7. The Balaban J connectivity index is 1.54. The molecule has 3 aromatic heterocycles. The minimum absolute atomic E-state index is 0.0131. The Morgan fingerprint density at radius 1 is 1.32 bits per heavy atom. The molecule has 0 saturated carbocycles. The van der Waals surface area contributed by atoms with Gasteiger partial charge in [0.05, 0.1) is 12.0 Å². The number of aromatic amines is 1. The second-order valence-corrected chi connectivity index (χ2v) is 6.22. The highest BCUT2D eigenvalue weighted by molar-refractivity contribution is 5.80. The van der Waals surface area contributed by atoms with E-state index in [2.05, 4.69) is 26.4 Å². The van der Waals surface area contributed by atoms with Gasteiger partial charge >= 0.3 is 0 Å². The monoisotopic (exact) mass is 340 g/mol. The van der Waals surface area contributed by atoms with Crippen LogP contribution in [0.15, 0.2) is 43.1 Å². The van der Waals surface area contributed by atoms with Gasteiger partial charge in [-0.1, -0.05) is 0 Å². The molecule has 0 bridgehead atoms. The van der Waals surface area contributed by atoms with Crippen LogP contribution in [0.3, 0.4) is 0 Å². The first-order valence-corrected chi connectivity index (χ1v) is 8.52. The Labute approximate surface area is 147 Å². The van der Waals surface area contributed by atoms with Gasteiger partial charge in [0.15, 0.2) is 0 Å². The molecule has 1 amide bonds. The zero-order valence-corrected chi connectivity index (χ0v) is 14.6. The van der Waals surface area contributed by atoms with Crippen LogP contribution in [0.4, 0.5) is 0 Å². The van der Waals surface area contributed by atoms with Crippen molar-refractivity contribution in [2.45, 2.75) is 39.3 Å². The summed E-state index contributed by atoms with van der Waals surface area (Å²) < 4.78 is 3.91. The van der Waals surface area contributed by atoms with E-state index in [1.54, 1.807) is 12.5 Å². The smallest absolute Gasteiger partial charge is 0.243 e. The van der Waals surface area contributed by atoms with Crippen molar-refractivity contribution in [3.63, 3.8) is 0 Å². The molecule has 7 nitrogen and oxygen atoms in total. The maximum atomic E-state index is 12.7. The molecule has 132 valence electrons. The average molecular weight is 340 g/mol. The minimum Gasteiger partial charge on any atom is -0.354 e. The first kappa shape index (κ1) is 17.0. The van der Waals surface area contributed by atoms with Crippen molar-refractivity contribution in [1.82, 2.24) is 29.6 Å². The summed E-state index contributed by atoms with van der Waals surface area (Å²) in [6.07, 6.45) is 8.64. The molecule has 0 saturated heterocycles. The molecule has 3 aromatic rings. The van der Waals surface area contributed by atoms with Gasteiger partial charge in [-0.15, -0.1) is 0 Å². The van der Waals surface area contributed by atoms with Crippen molar-refractivity contribution in [3.05, 3.63) is 60.2 Å². The van der Waals surface area contributed by atoms with Crippen LogP contribution in [0.1, 0.15) is 29.5 Å². The second-order valence-electron chi connectivity index (χ2n) is 6.22. The number of imidazole rings is 1. The molecule has 7 heteroatoms. The van der Waals surface area contributed by atoms with Gasteiger partial charge < -0.3 is 14.9 Å². The molecule has 2 N–H and O–H groups in total. The van der Waals surface area contributed by atoms with E-state index in [9.17, 15) is 4.79 Å². The number of amides is 1. The standard InChI is InChI=1S/C18H24N6O/c1-14-10-15(2)24(22-14)9-5-6-20-18(25)17(23-7-3-4-8-23)11-16-12-19-13-21-16/h3-4,7-8,10,12-13,17H,5-6,9,11H2,1-2H3,(H,19,21)(H,20,25)/t17-/m0/s1. The summed E-state index contributed by atoms with van der Waals surface area (Å²) in [6.45, 7) is 5.46. The van der Waals surface area contributed by atoms with Crippen LogP contribution in [-0.2, 0) is 17.8 Å². The van der Waals surface area contributed by atoms with E-state index in [1.807, 2.05) is 47.6 Å². The van der Waals surface area contributed by atoms with Crippen LogP contribution >= 0.6 is 0 Å². The molecular weight excluding hydrogens is 316 g/mol. The highest BCUT2D eigenvalue weighted by atomic mass is 16.2. The fraction of sp³-hybridized carbons (Fsp3) is 0.389. The lowest BCUT2D eigenvalue weighted by Gasteiger charge is -2.18. The summed E-state index contributed by atoms with van der Waals surface area (Å²) in [5.74, 6) is 0.0131. The van der Waals surface area contributed by atoms with Crippen molar-refractivity contribution < 1.29 is 4.79 Å². The van der Waals surface area contributed by atoms with E-state index in [0.29, 0.717) is 13.0 Å². The molecule has 0 aliphatic rings. The van der Waals surface area contributed by atoms with Gasteiger partial charge in [0, 0.05) is 49.5 Å². The number of nitrogens with zero attached hydrogens (tertiary/aromatic N) is 4. The summed E-state index contributed by atoms with van der Waals surface area (Å²) in [7, 11) is 0. The molecule has 3 rings (SSSR count). The number of carbonyl (C=O) groups excluding carboxylic acids is 1. The lowest BCUT2D eigenvalue weighted by Crippen LogP contribution is -2.34. The fourth-order valence-electron chi connectivity index (χ4n) is 2.95. The molecule has 0 radical (unpaired) electrons. The van der Waals surface area contributed by atoms with Gasteiger partial charge in [0.1, 0.15) is 6.04 Å². The normalized spacial score (nSPS) is 12.2. The number of nitrogens with one attached hydrogen (secondary N) is 2. The van der Waals surface area contributed by atoms with Crippen LogP contribution in [0.2, 0.25) is 0 Å². The SMILES string of the molecule is Cc1cc(C)n(CCCNC(=O)[C@H](Cc2cnc[nH]2)n2cccc2)n1. The molecule has 3 heterocycles. The van der Waals surface area contributed by atoms with E-state index in [4.69, 9.17) is 0 Å². The number of aromatic nitrogens is 5. The Kier molecular flexibility index (Phi) is 5.33. The van der Waals surface area contributed by atoms with Crippen LogP contribution in [0.5, 0.6) is 0 Å². The van der Waals surface area contributed by atoms with Gasteiger partial charge in [-0.3, -0.25) is 9.48 Å². The number of hydrogen-bond donors (Lipinski definition) is 2. The maximum Gasteiger partial charge on any atom is 0.243 e. The van der Waals surface area contributed by atoms with Crippen molar-refractivity contribution >= 4 is 5.91 Å². The van der Waals surface area contributed by atoms with E-state index in [0.717, 1.165) is 30.0 Å². The van der Waals surface area contributed by atoms with Crippen molar-refractivity contribution in [3.8, 4) is 0 Å². The summed E-state index contributed by atoms with van der Waals surface area (Å²) >= 11 is 0. The number of H-pyrrole nitrogens is 1. The number of hydrogen-bond acceptors (Lipinski definition) is 3. The largest absolute Gasteiger partial charge is 0.354 e. The first-order valence-electron chi connectivity index (χ1n) is 8.52. The lowest BCUT2D eigenvalue weighted by atomic mass is 10.1. The Hall–Kier alpha value is -2.83. The molecule has 0 aromatic carbocycles. The van der Waals surface area contributed by atoms with Crippen molar-refractivity contribution in [2.75, 3.05) is 6.54 Å². The Morgan fingerprint density at radius 3 is 2.76 bits per heavy atom. The second kappa shape index (κ2) is 7.83. The summed E-state index contributed by atoms with van der Waals surface area (Å²) in [6, 6.07) is 5.63. The third-order valence-electron chi connectivity index (χ3n) is 4.21. The summed E-state index contributed by atoms with van der Waals surface area (Å²) in [5, 5.41) is 7.49. The average Bonchev–Trinajstić information content (AvgIpc) is 3.32. The topological polar surface area (TPSA) is 80.5 Å². The molecule has 0 aliphatic heterocycles. The Morgan fingerprint density at radius 2 is 2.12 bits per heavy atom. The van der Waals surface area contributed by atoms with Crippen LogP contribution < -0.4 is 5.32 Å². The Bertz CT molecular complexity index is 788. The molecule has 25 heavy (non-hydrogen) atoms. The number of carbonyl (C=O) groups is 1. The van der Waals surface area contributed by atoms with Crippen molar-refractivity contribution in [2.24, 2.45) is 0 Å². The predicted molar refractivity (Wildman–Crippen MR) is 95.1 cm³/mol. The molecule has 0 spiro atoms. The van der Waals surface area contributed by atoms with Gasteiger partial charge in [-0.2, -0.15) is 5.10 Å². The van der Waals surface area contributed by atoms with Gasteiger partial charge in [0.25, 0.3) is 0 Å². The predicted octanol–water partition coefficient (Wildman–Crippen LogP) is 2.01. The number of aryl methyl sites for hydroxylation is 3. The lowest BCUT2D eigenvalue weighted by molar-refractivity contribution is -0.124. The van der Waals surface area contributed by atoms with E-state index < -0.39 is 0 Å². The molecule has 0 unspecified atom stereocenters. The van der Waals surface area contributed by atoms with E-state index in [1.165, 1.54) is 0 Å². The minimum atomic E-state index is -0.288. The molecule has 0 fully saturated rings. The van der Waals surface area contributed by atoms with Crippen LogP contribution in [0.25, 0.3) is 0 Å². The third kappa shape index (κ3) is 4.37.